The van der Waals surface area contributed by atoms with Gasteiger partial charge in [0, 0.05) is 42.2 Å². The third-order valence-corrected chi connectivity index (χ3v) is 4.49. The van der Waals surface area contributed by atoms with E-state index in [0.717, 1.165) is 16.9 Å². The SMILES string of the molecule is Cc1cc(Cl)ccc1OCCCC(=O)NNC(=O)CCc1nc(-c2ccncc2)no1. The molecule has 0 aliphatic carbocycles. The molecule has 0 radical (unpaired) electrons. The van der Waals surface area contributed by atoms with Crippen molar-refractivity contribution in [2.75, 3.05) is 6.61 Å². The number of hydrogen-bond donors (Lipinski definition) is 2. The number of aryl methyl sites for hydroxylation is 2. The highest BCUT2D eigenvalue weighted by Gasteiger charge is 2.11. The summed E-state index contributed by atoms with van der Waals surface area (Å²) in [6.45, 7) is 2.28. The van der Waals surface area contributed by atoms with Gasteiger partial charge in [-0.05, 0) is 49.2 Å². The molecule has 2 N–H and O–H groups in total. The fraction of sp³-hybridized carbons (Fsp3) is 0.286. The quantitative estimate of drug-likeness (QED) is 0.385. The maximum Gasteiger partial charge on any atom is 0.238 e. The molecule has 2 amide bonds. The van der Waals surface area contributed by atoms with Gasteiger partial charge in [-0.1, -0.05) is 16.8 Å². The van der Waals surface area contributed by atoms with Gasteiger partial charge in [-0.25, -0.2) is 0 Å². The molecule has 2 aromatic heterocycles. The van der Waals surface area contributed by atoms with Crippen LogP contribution in [0.3, 0.4) is 0 Å². The molecular formula is C21H22ClN5O4. The summed E-state index contributed by atoms with van der Waals surface area (Å²) in [5, 5.41) is 4.52. The second-order valence-corrected chi connectivity index (χ2v) is 7.14. The van der Waals surface area contributed by atoms with E-state index in [-0.39, 0.29) is 31.1 Å². The number of hydrazine groups is 1. The van der Waals surface area contributed by atoms with E-state index in [2.05, 4.69) is 26.0 Å². The highest BCUT2D eigenvalue weighted by Crippen LogP contribution is 2.22. The number of amides is 2. The van der Waals surface area contributed by atoms with E-state index in [1.807, 2.05) is 13.0 Å². The smallest absolute Gasteiger partial charge is 0.238 e. The molecule has 2 heterocycles. The second-order valence-electron chi connectivity index (χ2n) is 6.71. The first-order chi connectivity index (χ1) is 15.0. The lowest BCUT2D eigenvalue weighted by molar-refractivity contribution is -0.129. The Labute approximate surface area is 184 Å². The number of carbonyl (C=O) groups excluding carboxylic acids is 2. The standard InChI is InChI=1S/C21H22ClN5O4/c1-14-13-16(22)4-5-17(14)30-12-2-3-18(28)25-26-19(29)6-7-20-24-21(27-31-20)15-8-10-23-11-9-15/h4-5,8-11,13H,2-3,6-7,12H2,1H3,(H,25,28)(H,26,29). The lowest BCUT2D eigenvalue weighted by Gasteiger charge is -2.10. The number of aromatic nitrogens is 3. The molecule has 3 aromatic rings. The number of halogens is 1. The number of carbonyl (C=O) groups is 2. The van der Waals surface area contributed by atoms with Gasteiger partial charge in [0.2, 0.25) is 23.5 Å². The number of benzene rings is 1. The van der Waals surface area contributed by atoms with E-state index in [1.165, 1.54) is 0 Å². The van der Waals surface area contributed by atoms with Crippen molar-refractivity contribution in [3.8, 4) is 17.1 Å². The summed E-state index contributed by atoms with van der Waals surface area (Å²) in [7, 11) is 0. The van der Waals surface area contributed by atoms with Gasteiger partial charge in [-0.2, -0.15) is 4.98 Å². The fourth-order valence-electron chi connectivity index (χ4n) is 2.65. The molecule has 0 spiro atoms. The summed E-state index contributed by atoms with van der Waals surface area (Å²) < 4.78 is 10.8. The topological polar surface area (TPSA) is 119 Å². The number of hydrogen-bond acceptors (Lipinski definition) is 7. The number of nitrogens with zero attached hydrogens (tertiary/aromatic N) is 3. The molecule has 31 heavy (non-hydrogen) atoms. The third-order valence-electron chi connectivity index (χ3n) is 4.26. The zero-order valence-corrected chi connectivity index (χ0v) is 17.7. The van der Waals surface area contributed by atoms with Gasteiger partial charge in [0.1, 0.15) is 5.75 Å². The Hall–Kier alpha value is -3.46. The van der Waals surface area contributed by atoms with Crippen molar-refractivity contribution >= 4 is 23.4 Å². The molecule has 0 unspecified atom stereocenters. The largest absolute Gasteiger partial charge is 0.493 e. The molecule has 9 nitrogen and oxygen atoms in total. The Morgan fingerprint density at radius 1 is 1.10 bits per heavy atom. The number of rotatable bonds is 9. The van der Waals surface area contributed by atoms with Crippen LogP contribution in [0, 0.1) is 6.92 Å². The first kappa shape index (κ1) is 22.2. The van der Waals surface area contributed by atoms with Crippen LogP contribution in [0.5, 0.6) is 5.75 Å². The lowest BCUT2D eigenvalue weighted by atomic mass is 10.2. The van der Waals surface area contributed by atoms with Gasteiger partial charge < -0.3 is 9.26 Å². The Morgan fingerprint density at radius 3 is 2.58 bits per heavy atom. The van der Waals surface area contributed by atoms with E-state index >= 15 is 0 Å². The first-order valence-corrected chi connectivity index (χ1v) is 10.1. The van der Waals surface area contributed by atoms with Gasteiger partial charge in [-0.3, -0.25) is 25.4 Å². The van der Waals surface area contributed by atoms with E-state index in [1.54, 1.807) is 36.7 Å². The number of ether oxygens (including phenoxy) is 1. The predicted molar refractivity (Wildman–Crippen MR) is 113 cm³/mol. The number of pyridine rings is 1. The van der Waals surface area contributed by atoms with Crippen LogP contribution in [0.2, 0.25) is 5.02 Å². The van der Waals surface area contributed by atoms with Crippen molar-refractivity contribution in [3.05, 3.63) is 59.2 Å². The van der Waals surface area contributed by atoms with Crippen LogP contribution < -0.4 is 15.6 Å². The normalized spacial score (nSPS) is 10.5. The minimum Gasteiger partial charge on any atom is -0.493 e. The van der Waals surface area contributed by atoms with Crippen molar-refractivity contribution in [2.45, 2.75) is 32.6 Å². The van der Waals surface area contributed by atoms with Gasteiger partial charge in [0.25, 0.3) is 0 Å². The average molecular weight is 444 g/mol. The molecule has 0 bridgehead atoms. The fourth-order valence-corrected chi connectivity index (χ4v) is 2.88. The van der Waals surface area contributed by atoms with Crippen molar-refractivity contribution in [3.63, 3.8) is 0 Å². The van der Waals surface area contributed by atoms with Gasteiger partial charge >= 0.3 is 0 Å². The molecule has 0 fully saturated rings. The zero-order chi connectivity index (χ0) is 22.1. The highest BCUT2D eigenvalue weighted by molar-refractivity contribution is 6.30. The summed E-state index contributed by atoms with van der Waals surface area (Å²) >= 11 is 5.91. The van der Waals surface area contributed by atoms with E-state index in [0.29, 0.717) is 29.8 Å². The summed E-state index contributed by atoms with van der Waals surface area (Å²) in [6, 6.07) is 8.88. The van der Waals surface area contributed by atoms with Crippen LogP contribution in [0.1, 0.15) is 30.7 Å². The molecule has 10 heteroatoms. The first-order valence-electron chi connectivity index (χ1n) is 9.71. The molecule has 0 aliphatic rings. The van der Waals surface area contributed by atoms with Crippen LogP contribution >= 0.6 is 11.6 Å². The van der Waals surface area contributed by atoms with Crippen molar-refractivity contribution < 1.29 is 18.8 Å². The molecule has 162 valence electrons. The Bertz CT molecular complexity index is 1030. The van der Waals surface area contributed by atoms with Crippen LogP contribution in [-0.2, 0) is 16.0 Å². The molecule has 0 saturated carbocycles. The van der Waals surface area contributed by atoms with Crippen molar-refractivity contribution in [1.82, 2.24) is 26.0 Å². The van der Waals surface area contributed by atoms with Gasteiger partial charge in [0.15, 0.2) is 0 Å². The molecule has 1 aromatic carbocycles. The minimum atomic E-state index is -0.356. The highest BCUT2D eigenvalue weighted by atomic mass is 35.5. The monoisotopic (exact) mass is 443 g/mol. The lowest BCUT2D eigenvalue weighted by Crippen LogP contribution is -2.41. The molecule has 3 rings (SSSR count). The predicted octanol–water partition coefficient (Wildman–Crippen LogP) is 3.03. The summed E-state index contributed by atoms with van der Waals surface area (Å²) in [4.78, 5) is 31.9. The van der Waals surface area contributed by atoms with Gasteiger partial charge in [-0.15, -0.1) is 0 Å². The molecule has 0 saturated heterocycles. The van der Waals surface area contributed by atoms with E-state index in [4.69, 9.17) is 20.9 Å². The van der Waals surface area contributed by atoms with Gasteiger partial charge in [0.05, 0.1) is 6.61 Å². The maximum absolute atomic E-state index is 11.9. The van der Waals surface area contributed by atoms with Crippen LogP contribution in [0.4, 0.5) is 0 Å². The second kappa shape index (κ2) is 11.1. The third kappa shape index (κ3) is 7.07. The number of nitrogens with one attached hydrogen (secondary N) is 2. The van der Waals surface area contributed by atoms with Crippen molar-refractivity contribution in [2.24, 2.45) is 0 Å². The maximum atomic E-state index is 11.9. The Morgan fingerprint density at radius 2 is 1.84 bits per heavy atom. The molecule has 0 atom stereocenters. The Kier molecular flexibility index (Phi) is 7.94. The average Bonchev–Trinajstić information content (AvgIpc) is 3.25. The van der Waals surface area contributed by atoms with E-state index in [9.17, 15) is 9.59 Å². The zero-order valence-electron chi connectivity index (χ0n) is 16.9. The molecule has 0 aliphatic heterocycles. The van der Waals surface area contributed by atoms with E-state index < -0.39 is 0 Å². The minimum absolute atomic E-state index is 0.0945. The summed E-state index contributed by atoms with van der Waals surface area (Å²) in [5.74, 6) is 0.837. The summed E-state index contributed by atoms with van der Waals surface area (Å²) in [5.41, 5.74) is 6.46. The summed E-state index contributed by atoms with van der Waals surface area (Å²) in [6.07, 6.45) is 4.33. The van der Waals surface area contributed by atoms with Crippen molar-refractivity contribution in [1.29, 1.82) is 0 Å². The van der Waals surface area contributed by atoms with Crippen LogP contribution in [-0.4, -0.2) is 33.5 Å². The molecular weight excluding hydrogens is 422 g/mol. The Balaban J connectivity index is 1.30. The van der Waals surface area contributed by atoms with Crippen LogP contribution in [0.25, 0.3) is 11.4 Å². The van der Waals surface area contributed by atoms with Crippen LogP contribution in [0.15, 0.2) is 47.2 Å².